The summed E-state index contributed by atoms with van der Waals surface area (Å²) in [6.07, 6.45) is 0. The average molecular weight is 341 g/mol. The zero-order chi connectivity index (χ0) is 11.6. The normalized spacial score (nSPS) is 11.1. The molecule has 7 heteroatoms. The number of carbonyl (C=O) groups is 1. The first-order chi connectivity index (χ1) is 6.86. The van der Waals surface area contributed by atoms with Gasteiger partial charge in [-0.05, 0) is 40.8 Å². The van der Waals surface area contributed by atoms with Crippen LogP contribution in [0.1, 0.15) is 10.4 Å². The molecular weight excluding hydrogens is 333 g/mol. The highest BCUT2D eigenvalue weighted by Crippen LogP contribution is 2.17. The van der Waals surface area contributed by atoms with Crippen molar-refractivity contribution in [2.75, 3.05) is 7.11 Å². The van der Waals surface area contributed by atoms with Gasteiger partial charge in [0.15, 0.2) is 0 Å². The van der Waals surface area contributed by atoms with Gasteiger partial charge in [-0.25, -0.2) is 18.4 Å². The van der Waals surface area contributed by atoms with E-state index in [0.29, 0.717) is 3.57 Å². The van der Waals surface area contributed by atoms with Crippen molar-refractivity contribution >= 4 is 38.6 Å². The minimum atomic E-state index is -3.79. The maximum Gasteiger partial charge on any atom is 0.338 e. The Kier molecular flexibility index (Phi) is 3.68. The Bertz CT molecular complexity index is 497. The van der Waals surface area contributed by atoms with E-state index in [1.165, 1.54) is 25.3 Å². The van der Waals surface area contributed by atoms with Gasteiger partial charge >= 0.3 is 5.97 Å². The standard InChI is InChI=1S/C8H8INO4S/c1-14-8(11)6-4-5(15(10,12)13)2-3-7(6)9/h2-4H,1H3,(H2,10,12,13). The number of sulfonamides is 1. The number of primary sulfonamides is 1. The third kappa shape index (κ3) is 2.89. The van der Waals surface area contributed by atoms with Crippen molar-refractivity contribution in [3.05, 3.63) is 27.3 Å². The molecule has 1 aromatic carbocycles. The molecule has 0 aliphatic rings. The van der Waals surface area contributed by atoms with Crippen molar-refractivity contribution in [1.82, 2.24) is 0 Å². The molecular formula is C8H8INO4S. The molecule has 0 fully saturated rings. The van der Waals surface area contributed by atoms with Gasteiger partial charge in [0.25, 0.3) is 0 Å². The molecule has 2 N–H and O–H groups in total. The SMILES string of the molecule is COC(=O)c1cc(S(N)(=O)=O)ccc1I. The van der Waals surface area contributed by atoms with Crippen LogP contribution < -0.4 is 5.14 Å². The zero-order valence-corrected chi connectivity index (χ0v) is 10.7. The quantitative estimate of drug-likeness (QED) is 0.635. The topological polar surface area (TPSA) is 86.5 Å². The van der Waals surface area contributed by atoms with E-state index in [1.54, 1.807) is 0 Å². The van der Waals surface area contributed by atoms with E-state index < -0.39 is 16.0 Å². The van der Waals surface area contributed by atoms with Gasteiger partial charge in [-0.1, -0.05) is 0 Å². The highest BCUT2D eigenvalue weighted by atomic mass is 127. The van der Waals surface area contributed by atoms with Crippen molar-refractivity contribution in [1.29, 1.82) is 0 Å². The van der Waals surface area contributed by atoms with E-state index >= 15 is 0 Å². The number of carbonyl (C=O) groups excluding carboxylic acids is 1. The van der Waals surface area contributed by atoms with Crippen LogP contribution in [0, 0.1) is 3.57 Å². The van der Waals surface area contributed by atoms with Gasteiger partial charge in [-0.15, -0.1) is 0 Å². The number of halogens is 1. The number of hydrogen-bond acceptors (Lipinski definition) is 4. The summed E-state index contributed by atoms with van der Waals surface area (Å²) in [5, 5.41) is 4.93. The number of hydrogen-bond donors (Lipinski definition) is 1. The fraction of sp³-hybridized carbons (Fsp3) is 0.125. The Morgan fingerprint density at radius 1 is 1.47 bits per heavy atom. The second-order valence-electron chi connectivity index (χ2n) is 2.68. The zero-order valence-electron chi connectivity index (χ0n) is 7.73. The third-order valence-corrected chi connectivity index (χ3v) is 3.52. The van der Waals surface area contributed by atoms with Crippen LogP contribution in [0.3, 0.4) is 0 Å². The fourth-order valence-electron chi connectivity index (χ4n) is 0.948. The summed E-state index contributed by atoms with van der Waals surface area (Å²) >= 11 is 1.91. The monoisotopic (exact) mass is 341 g/mol. The Morgan fingerprint density at radius 2 is 2.07 bits per heavy atom. The van der Waals surface area contributed by atoms with Crippen LogP contribution in [0.2, 0.25) is 0 Å². The summed E-state index contributed by atoms with van der Waals surface area (Å²) in [5.74, 6) is -0.593. The number of benzene rings is 1. The molecule has 82 valence electrons. The van der Waals surface area contributed by atoms with Gasteiger partial charge in [0.1, 0.15) is 0 Å². The van der Waals surface area contributed by atoms with Crippen molar-refractivity contribution < 1.29 is 17.9 Å². The molecule has 0 aromatic heterocycles. The van der Waals surface area contributed by atoms with Crippen LogP contribution in [0.4, 0.5) is 0 Å². The van der Waals surface area contributed by atoms with Crippen molar-refractivity contribution in [3.63, 3.8) is 0 Å². The smallest absolute Gasteiger partial charge is 0.338 e. The number of methoxy groups -OCH3 is 1. The van der Waals surface area contributed by atoms with Crippen LogP contribution in [0.5, 0.6) is 0 Å². The molecule has 0 saturated carbocycles. The molecule has 0 atom stereocenters. The van der Waals surface area contributed by atoms with E-state index in [0.717, 1.165) is 0 Å². The Hall–Kier alpha value is -0.670. The summed E-state index contributed by atoms with van der Waals surface area (Å²) in [6, 6.07) is 4.03. The largest absolute Gasteiger partial charge is 0.465 e. The van der Waals surface area contributed by atoms with Crippen molar-refractivity contribution in [2.24, 2.45) is 5.14 Å². The van der Waals surface area contributed by atoms with Crippen molar-refractivity contribution in [3.8, 4) is 0 Å². The third-order valence-electron chi connectivity index (χ3n) is 1.67. The summed E-state index contributed by atoms with van der Waals surface area (Å²) in [4.78, 5) is 11.1. The molecule has 0 bridgehead atoms. The number of ether oxygens (including phenoxy) is 1. The van der Waals surface area contributed by atoms with E-state index in [9.17, 15) is 13.2 Å². The number of rotatable bonds is 2. The minimum Gasteiger partial charge on any atom is -0.465 e. The summed E-state index contributed by atoms with van der Waals surface area (Å²) < 4.78 is 27.2. The first-order valence-corrected chi connectivity index (χ1v) is 6.39. The highest BCUT2D eigenvalue weighted by Gasteiger charge is 2.15. The Labute approximate surface area is 101 Å². The lowest BCUT2D eigenvalue weighted by molar-refractivity contribution is 0.0599. The molecule has 0 heterocycles. The molecule has 0 saturated heterocycles. The predicted octanol–water partition coefficient (Wildman–Crippen LogP) is 0.725. The van der Waals surface area contributed by atoms with E-state index in [2.05, 4.69) is 4.74 Å². The predicted molar refractivity (Wildman–Crippen MR) is 61.9 cm³/mol. The Balaban J connectivity index is 3.36. The van der Waals surface area contributed by atoms with Gasteiger partial charge in [0, 0.05) is 3.57 Å². The highest BCUT2D eigenvalue weighted by molar-refractivity contribution is 14.1. The average Bonchev–Trinajstić information content (AvgIpc) is 2.15. The molecule has 0 aliphatic carbocycles. The van der Waals surface area contributed by atoms with Crippen LogP contribution in [0.25, 0.3) is 0 Å². The second-order valence-corrected chi connectivity index (χ2v) is 5.40. The molecule has 0 radical (unpaired) electrons. The molecule has 1 aromatic rings. The van der Waals surface area contributed by atoms with Crippen molar-refractivity contribution in [2.45, 2.75) is 4.90 Å². The van der Waals surface area contributed by atoms with Crippen LogP contribution >= 0.6 is 22.6 Å². The summed E-state index contributed by atoms with van der Waals surface area (Å²) in [5.41, 5.74) is 0.185. The van der Waals surface area contributed by atoms with Crippen LogP contribution in [-0.2, 0) is 14.8 Å². The molecule has 5 nitrogen and oxygen atoms in total. The van der Waals surface area contributed by atoms with Crippen LogP contribution in [0.15, 0.2) is 23.1 Å². The minimum absolute atomic E-state index is 0.108. The first-order valence-electron chi connectivity index (χ1n) is 3.77. The first kappa shape index (κ1) is 12.4. The summed E-state index contributed by atoms with van der Waals surface area (Å²) in [7, 11) is -2.57. The van der Waals surface area contributed by atoms with Gasteiger partial charge in [-0.2, -0.15) is 0 Å². The summed E-state index contributed by atoms with van der Waals surface area (Å²) in [6.45, 7) is 0. The molecule has 0 unspecified atom stereocenters. The fourth-order valence-corrected chi connectivity index (χ4v) is 2.04. The molecule has 1 rings (SSSR count). The lowest BCUT2D eigenvalue weighted by atomic mass is 10.2. The molecule has 0 spiro atoms. The maximum atomic E-state index is 11.3. The van der Waals surface area contributed by atoms with Gasteiger partial charge in [-0.3, -0.25) is 0 Å². The number of nitrogens with two attached hydrogens (primary N) is 1. The van der Waals surface area contributed by atoms with E-state index in [1.807, 2.05) is 22.6 Å². The molecule has 0 aliphatic heterocycles. The second kappa shape index (κ2) is 4.45. The molecule has 15 heavy (non-hydrogen) atoms. The van der Waals surface area contributed by atoms with Gasteiger partial charge < -0.3 is 4.74 Å². The lowest BCUT2D eigenvalue weighted by Gasteiger charge is -2.04. The van der Waals surface area contributed by atoms with E-state index in [-0.39, 0.29) is 10.5 Å². The molecule has 0 amide bonds. The van der Waals surface area contributed by atoms with Gasteiger partial charge in [0.05, 0.1) is 17.6 Å². The lowest BCUT2D eigenvalue weighted by Crippen LogP contribution is -2.14. The van der Waals surface area contributed by atoms with Gasteiger partial charge in [0.2, 0.25) is 10.0 Å². The van der Waals surface area contributed by atoms with Crippen LogP contribution in [-0.4, -0.2) is 21.5 Å². The number of esters is 1. The Morgan fingerprint density at radius 3 is 2.53 bits per heavy atom. The maximum absolute atomic E-state index is 11.3. The van der Waals surface area contributed by atoms with E-state index in [4.69, 9.17) is 5.14 Å².